The Labute approximate surface area is 133 Å². The topological polar surface area (TPSA) is 83.7 Å². The van der Waals surface area contributed by atoms with Crippen LogP contribution >= 0.6 is 22.7 Å². The average Bonchev–Trinajstić information content (AvgIpc) is 3.16. The maximum Gasteiger partial charge on any atom is 0.271 e. The lowest BCUT2D eigenvalue weighted by Crippen LogP contribution is -2.40. The van der Waals surface area contributed by atoms with Crippen molar-refractivity contribution in [1.29, 1.82) is 0 Å². The summed E-state index contributed by atoms with van der Waals surface area (Å²) in [6, 6.07) is 1.80. The number of hydrogen-bond donors (Lipinski definition) is 2. The Morgan fingerprint density at radius 1 is 1.50 bits per heavy atom. The van der Waals surface area contributed by atoms with Crippen molar-refractivity contribution in [3.63, 3.8) is 0 Å². The fraction of sp³-hybridized carbons (Fsp3) is 0.214. The maximum atomic E-state index is 12.2. The van der Waals surface area contributed by atoms with Crippen LogP contribution in [0, 0.1) is 0 Å². The van der Waals surface area contributed by atoms with Gasteiger partial charge in [-0.05, 0) is 29.3 Å². The Bertz CT molecular complexity index is 865. The lowest BCUT2D eigenvalue weighted by atomic mass is 9.99. The molecule has 0 saturated heterocycles. The number of amides is 1. The van der Waals surface area contributed by atoms with E-state index in [-0.39, 0.29) is 12.1 Å². The van der Waals surface area contributed by atoms with Crippen LogP contribution in [0.3, 0.4) is 0 Å². The van der Waals surface area contributed by atoms with Crippen molar-refractivity contribution in [2.24, 2.45) is 0 Å². The van der Waals surface area contributed by atoms with E-state index in [1.54, 1.807) is 24.6 Å². The highest BCUT2D eigenvalue weighted by Crippen LogP contribution is 2.22. The molecule has 1 amide bonds. The molecule has 6 nitrogen and oxygen atoms in total. The second-order valence-electron chi connectivity index (χ2n) is 5.00. The first-order valence-electron chi connectivity index (χ1n) is 6.47. The molecule has 2 N–H and O–H groups in total. The summed E-state index contributed by atoms with van der Waals surface area (Å²) in [7, 11) is 0. The highest BCUT2D eigenvalue weighted by Gasteiger charge is 2.25. The highest BCUT2D eigenvalue weighted by atomic mass is 32.1. The van der Waals surface area contributed by atoms with Crippen LogP contribution in [0.2, 0.25) is 0 Å². The van der Waals surface area contributed by atoms with Gasteiger partial charge in [0.05, 0.1) is 6.54 Å². The van der Waals surface area contributed by atoms with E-state index in [2.05, 4.69) is 10.3 Å². The molecule has 0 aliphatic rings. The fourth-order valence-corrected chi connectivity index (χ4v) is 3.46. The fourth-order valence-electron chi connectivity index (χ4n) is 2.00. The summed E-state index contributed by atoms with van der Waals surface area (Å²) in [6.07, 6.45) is 2.84. The van der Waals surface area contributed by atoms with Gasteiger partial charge in [0.2, 0.25) is 0 Å². The summed E-state index contributed by atoms with van der Waals surface area (Å²) in [5.74, 6) is -0.548. The first kappa shape index (κ1) is 14.9. The number of fused-ring (bicyclic) bond motifs is 1. The first-order valence-corrected chi connectivity index (χ1v) is 8.29. The van der Waals surface area contributed by atoms with Gasteiger partial charge in [-0.1, -0.05) is 0 Å². The number of thiazole rings is 1. The minimum absolute atomic E-state index is 0.00828. The largest absolute Gasteiger partial charge is 0.384 e. The average molecular weight is 335 g/mol. The van der Waals surface area contributed by atoms with Gasteiger partial charge in [0.25, 0.3) is 11.5 Å². The third-order valence-electron chi connectivity index (χ3n) is 3.32. The van der Waals surface area contributed by atoms with Gasteiger partial charge in [-0.3, -0.25) is 14.0 Å². The molecule has 0 aromatic carbocycles. The predicted octanol–water partition coefficient (Wildman–Crippen LogP) is 1.45. The SMILES string of the molecule is CC(O)(CNC(=O)c1cnc2sccn2c1=O)c1ccsc1. The molecule has 0 saturated carbocycles. The van der Waals surface area contributed by atoms with E-state index < -0.39 is 17.1 Å². The number of nitrogens with one attached hydrogen (secondary N) is 1. The summed E-state index contributed by atoms with van der Waals surface area (Å²) in [5.41, 5.74) is -0.928. The van der Waals surface area contributed by atoms with Crippen LogP contribution in [-0.2, 0) is 5.60 Å². The molecule has 0 aliphatic carbocycles. The predicted molar refractivity (Wildman–Crippen MR) is 85.6 cm³/mol. The van der Waals surface area contributed by atoms with Crippen LogP contribution in [-0.4, -0.2) is 26.9 Å². The van der Waals surface area contributed by atoms with Crippen molar-refractivity contribution in [1.82, 2.24) is 14.7 Å². The molecular weight excluding hydrogens is 322 g/mol. The Kier molecular flexibility index (Phi) is 3.81. The molecule has 0 spiro atoms. The van der Waals surface area contributed by atoms with Crippen LogP contribution in [0.5, 0.6) is 0 Å². The molecule has 1 unspecified atom stereocenters. The van der Waals surface area contributed by atoms with E-state index >= 15 is 0 Å². The molecule has 3 aromatic heterocycles. The summed E-state index contributed by atoms with van der Waals surface area (Å²) >= 11 is 2.79. The Hall–Kier alpha value is -2.03. The van der Waals surface area contributed by atoms with Crippen molar-refractivity contribution < 1.29 is 9.90 Å². The molecule has 3 heterocycles. The number of aromatic nitrogens is 2. The van der Waals surface area contributed by atoms with Gasteiger partial charge in [-0.2, -0.15) is 11.3 Å². The summed E-state index contributed by atoms with van der Waals surface area (Å²) in [5, 5.41) is 18.4. The van der Waals surface area contributed by atoms with Crippen LogP contribution in [0.4, 0.5) is 0 Å². The van der Waals surface area contributed by atoms with Gasteiger partial charge < -0.3 is 10.4 Å². The zero-order valence-electron chi connectivity index (χ0n) is 11.6. The van der Waals surface area contributed by atoms with Crippen molar-refractivity contribution in [2.75, 3.05) is 6.54 Å². The van der Waals surface area contributed by atoms with Crippen LogP contribution < -0.4 is 10.9 Å². The quantitative estimate of drug-likeness (QED) is 0.756. The van der Waals surface area contributed by atoms with E-state index in [0.717, 1.165) is 5.56 Å². The van der Waals surface area contributed by atoms with Crippen LogP contribution in [0.15, 0.2) is 39.4 Å². The third-order valence-corrected chi connectivity index (χ3v) is 4.78. The minimum atomic E-state index is -1.19. The standard InChI is InChI=1S/C14H13N3O3S2/c1-14(20,9-2-4-21-7-9)8-16-11(18)10-6-15-13-17(12(10)19)3-5-22-13/h2-7,20H,8H2,1H3,(H,16,18). The molecular formula is C14H13N3O3S2. The Morgan fingerprint density at radius 2 is 2.32 bits per heavy atom. The number of nitrogens with zero attached hydrogens (tertiary/aromatic N) is 2. The molecule has 0 aliphatic heterocycles. The zero-order valence-corrected chi connectivity index (χ0v) is 13.3. The second kappa shape index (κ2) is 5.64. The van der Waals surface area contributed by atoms with Crippen LogP contribution in [0.25, 0.3) is 4.96 Å². The molecule has 22 heavy (non-hydrogen) atoms. The molecule has 0 bridgehead atoms. The lowest BCUT2D eigenvalue weighted by molar-refractivity contribution is 0.0529. The Morgan fingerprint density at radius 3 is 3.05 bits per heavy atom. The van der Waals surface area contributed by atoms with E-state index in [0.29, 0.717) is 4.96 Å². The van der Waals surface area contributed by atoms with Gasteiger partial charge in [-0.25, -0.2) is 4.98 Å². The van der Waals surface area contributed by atoms with E-state index in [9.17, 15) is 14.7 Å². The van der Waals surface area contributed by atoms with Crippen molar-refractivity contribution in [3.8, 4) is 0 Å². The Balaban J connectivity index is 1.79. The summed E-state index contributed by atoms with van der Waals surface area (Å²) < 4.78 is 1.33. The van der Waals surface area contributed by atoms with Gasteiger partial charge in [0.1, 0.15) is 11.2 Å². The molecule has 1 atom stereocenters. The third kappa shape index (κ3) is 2.68. The zero-order chi connectivity index (χ0) is 15.7. The molecule has 0 fully saturated rings. The van der Waals surface area contributed by atoms with Crippen LogP contribution in [0.1, 0.15) is 22.8 Å². The van der Waals surface area contributed by atoms with E-state index in [4.69, 9.17) is 0 Å². The summed E-state index contributed by atoms with van der Waals surface area (Å²) in [6.45, 7) is 1.62. The van der Waals surface area contributed by atoms with Crippen molar-refractivity contribution in [2.45, 2.75) is 12.5 Å². The molecule has 8 heteroatoms. The van der Waals surface area contributed by atoms with Gasteiger partial charge in [0, 0.05) is 17.8 Å². The van der Waals surface area contributed by atoms with E-state index in [1.807, 2.05) is 10.8 Å². The van der Waals surface area contributed by atoms with Crippen molar-refractivity contribution >= 4 is 33.5 Å². The number of carbonyl (C=O) groups excluding carboxylic acids is 1. The highest BCUT2D eigenvalue weighted by molar-refractivity contribution is 7.15. The summed E-state index contributed by atoms with van der Waals surface area (Å²) in [4.78, 5) is 29.0. The minimum Gasteiger partial charge on any atom is -0.384 e. The number of hydrogen-bond acceptors (Lipinski definition) is 6. The number of aliphatic hydroxyl groups is 1. The maximum absolute atomic E-state index is 12.2. The van der Waals surface area contributed by atoms with Gasteiger partial charge in [-0.15, -0.1) is 11.3 Å². The normalized spacial score (nSPS) is 13.9. The smallest absolute Gasteiger partial charge is 0.271 e. The first-order chi connectivity index (χ1) is 10.5. The number of carbonyl (C=O) groups is 1. The second-order valence-corrected chi connectivity index (χ2v) is 6.65. The molecule has 3 aromatic rings. The molecule has 3 rings (SSSR count). The molecule has 114 valence electrons. The number of rotatable bonds is 4. The van der Waals surface area contributed by atoms with Gasteiger partial charge >= 0.3 is 0 Å². The molecule has 0 radical (unpaired) electrons. The van der Waals surface area contributed by atoms with Crippen molar-refractivity contribution in [3.05, 3.63) is 56.1 Å². The van der Waals surface area contributed by atoms with E-state index in [1.165, 1.54) is 33.3 Å². The lowest BCUT2D eigenvalue weighted by Gasteiger charge is -2.22. The number of thiophene rings is 1. The van der Waals surface area contributed by atoms with Gasteiger partial charge in [0.15, 0.2) is 4.96 Å². The monoisotopic (exact) mass is 335 g/mol.